The molecule has 0 aliphatic heterocycles. The highest BCUT2D eigenvalue weighted by molar-refractivity contribution is 7.92. The van der Waals surface area contributed by atoms with E-state index in [0.29, 0.717) is 11.3 Å². The van der Waals surface area contributed by atoms with E-state index >= 15 is 0 Å². The zero-order chi connectivity index (χ0) is 16.0. The first-order chi connectivity index (χ1) is 10.5. The maximum absolute atomic E-state index is 12.4. The van der Waals surface area contributed by atoms with Gasteiger partial charge in [0.1, 0.15) is 0 Å². The van der Waals surface area contributed by atoms with Crippen LogP contribution in [0, 0.1) is 0 Å². The Bertz CT molecular complexity index is 786. The van der Waals surface area contributed by atoms with Gasteiger partial charge in [-0.3, -0.25) is 14.7 Å². The van der Waals surface area contributed by atoms with Crippen LogP contribution < -0.4 is 10.2 Å². The first-order valence-electron chi connectivity index (χ1n) is 6.32. The summed E-state index contributed by atoms with van der Waals surface area (Å²) in [5.74, 6) is -0.747. The van der Waals surface area contributed by atoms with Gasteiger partial charge >= 0.3 is 0 Å². The van der Waals surface area contributed by atoms with Gasteiger partial charge in [0.2, 0.25) is 0 Å². The molecule has 0 saturated carbocycles. The molecule has 3 N–H and O–H groups in total. The average molecular weight is 318 g/mol. The number of carbonyl (C=O) groups is 1. The highest BCUT2D eigenvalue weighted by atomic mass is 32.2. The Balaban J connectivity index is 2.35. The number of hydrogen-bond acceptors (Lipinski definition) is 4. The van der Waals surface area contributed by atoms with E-state index in [4.69, 9.17) is 5.21 Å². The summed E-state index contributed by atoms with van der Waals surface area (Å²) in [6, 6.07) is 14.7. The molecule has 0 fully saturated rings. The number of nitrogens with one attached hydrogen (secondary N) is 2. The van der Waals surface area contributed by atoms with Crippen LogP contribution in [0.5, 0.6) is 0 Å². The fourth-order valence-electron chi connectivity index (χ4n) is 1.78. The lowest BCUT2D eigenvalue weighted by molar-refractivity contribution is -0.124. The van der Waals surface area contributed by atoms with Crippen molar-refractivity contribution in [3.8, 4) is 0 Å². The van der Waals surface area contributed by atoms with Crippen molar-refractivity contribution in [2.24, 2.45) is 0 Å². The smallest absolute Gasteiger partial charge is 0.267 e. The molecule has 22 heavy (non-hydrogen) atoms. The van der Waals surface area contributed by atoms with Gasteiger partial charge in [0, 0.05) is 11.8 Å². The van der Waals surface area contributed by atoms with E-state index in [9.17, 15) is 13.2 Å². The molecule has 0 aliphatic carbocycles. The number of carbonyl (C=O) groups excluding carboxylic acids is 1. The second-order valence-corrected chi connectivity index (χ2v) is 5.97. The number of hydroxylamine groups is 1. The molecule has 6 nitrogen and oxygen atoms in total. The first-order valence-corrected chi connectivity index (χ1v) is 7.80. The molecule has 0 unspecified atom stereocenters. The summed E-state index contributed by atoms with van der Waals surface area (Å²) < 4.78 is 27.3. The molecule has 0 aliphatic rings. The summed E-state index contributed by atoms with van der Waals surface area (Å²) in [5.41, 5.74) is 2.21. The molecule has 0 atom stereocenters. The normalized spacial score (nSPS) is 11.3. The number of para-hydroxylation sites is 1. The minimum absolute atomic E-state index is 0.0286. The zero-order valence-electron chi connectivity index (χ0n) is 11.4. The van der Waals surface area contributed by atoms with Crippen molar-refractivity contribution >= 4 is 27.7 Å². The van der Waals surface area contributed by atoms with Gasteiger partial charge in [0.25, 0.3) is 15.9 Å². The molecule has 7 heteroatoms. The number of sulfonamides is 1. The molecule has 2 aromatic carbocycles. The van der Waals surface area contributed by atoms with Crippen LogP contribution in [0.25, 0.3) is 6.08 Å². The van der Waals surface area contributed by atoms with Gasteiger partial charge in [0.05, 0.1) is 4.90 Å². The Hall–Kier alpha value is -2.64. The van der Waals surface area contributed by atoms with Crippen molar-refractivity contribution in [2.45, 2.75) is 4.90 Å². The highest BCUT2D eigenvalue weighted by Gasteiger charge is 2.17. The third-order valence-corrected chi connectivity index (χ3v) is 4.21. The lowest BCUT2D eigenvalue weighted by Gasteiger charge is -2.10. The minimum atomic E-state index is -3.79. The summed E-state index contributed by atoms with van der Waals surface area (Å²) >= 11 is 0. The van der Waals surface area contributed by atoms with Crippen LogP contribution >= 0.6 is 0 Å². The highest BCUT2D eigenvalue weighted by Crippen LogP contribution is 2.20. The number of rotatable bonds is 5. The quantitative estimate of drug-likeness (QED) is 0.446. The van der Waals surface area contributed by atoms with E-state index in [-0.39, 0.29) is 4.90 Å². The van der Waals surface area contributed by atoms with E-state index in [1.165, 1.54) is 17.6 Å². The largest absolute Gasteiger partial charge is 0.288 e. The molecule has 2 rings (SSSR count). The minimum Gasteiger partial charge on any atom is -0.288 e. The van der Waals surface area contributed by atoms with E-state index in [1.807, 2.05) is 0 Å². The maximum atomic E-state index is 12.4. The van der Waals surface area contributed by atoms with E-state index < -0.39 is 15.9 Å². The van der Waals surface area contributed by atoms with Crippen LogP contribution in [0.3, 0.4) is 0 Å². The van der Waals surface area contributed by atoms with E-state index in [0.717, 1.165) is 6.08 Å². The molecule has 0 saturated heterocycles. The van der Waals surface area contributed by atoms with Crippen molar-refractivity contribution in [2.75, 3.05) is 4.72 Å². The lowest BCUT2D eigenvalue weighted by atomic mass is 10.2. The average Bonchev–Trinajstić information content (AvgIpc) is 2.53. The van der Waals surface area contributed by atoms with Crippen molar-refractivity contribution in [3.63, 3.8) is 0 Å². The zero-order valence-corrected chi connectivity index (χ0v) is 12.2. The van der Waals surface area contributed by atoms with Gasteiger partial charge in [0.15, 0.2) is 0 Å². The topological polar surface area (TPSA) is 95.5 Å². The predicted octanol–water partition coefficient (Wildman–Crippen LogP) is 2.01. The van der Waals surface area contributed by atoms with Crippen LogP contribution in [-0.2, 0) is 14.8 Å². The van der Waals surface area contributed by atoms with Gasteiger partial charge in [-0.1, -0.05) is 36.4 Å². The van der Waals surface area contributed by atoms with E-state index in [1.54, 1.807) is 48.5 Å². The van der Waals surface area contributed by atoms with Crippen LogP contribution in [-0.4, -0.2) is 19.5 Å². The van der Waals surface area contributed by atoms with Gasteiger partial charge < -0.3 is 0 Å². The Labute approximate surface area is 128 Å². The van der Waals surface area contributed by atoms with Crippen LogP contribution in [0.1, 0.15) is 5.56 Å². The maximum Gasteiger partial charge on any atom is 0.267 e. The summed E-state index contributed by atoms with van der Waals surface area (Å²) in [5, 5.41) is 8.46. The van der Waals surface area contributed by atoms with Gasteiger partial charge in [-0.25, -0.2) is 13.9 Å². The third kappa shape index (κ3) is 3.94. The molecule has 0 heterocycles. The Morgan fingerprint density at radius 2 is 1.64 bits per heavy atom. The monoisotopic (exact) mass is 318 g/mol. The molecule has 0 aromatic heterocycles. The molecular weight excluding hydrogens is 304 g/mol. The van der Waals surface area contributed by atoms with Crippen molar-refractivity contribution in [1.82, 2.24) is 5.48 Å². The summed E-state index contributed by atoms with van der Waals surface area (Å²) in [7, 11) is -3.79. The summed E-state index contributed by atoms with van der Waals surface area (Å²) in [6.07, 6.45) is 2.35. The number of benzene rings is 2. The number of hydrogen-bond donors (Lipinski definition) is 3. The van der Waals surface area contributed by atoms with Crippen molar-refractivity contribution in [3.05, 3.63) is 66.2 Å². The molecule has 114 valence electrons. The standard InChI is InChI=1S/C15H14N2O4S/c18-15(16-19)11-10-12-6-4-5-9-14(12)22(20,21)17-13-7-2-1-3-8-13/h1-11,17,19H,(H,16,18)/b11-10+. The molecular formula is C15H14N2O4S. The Morgan fingerprint density at radius 1 is 1.00 bits per heavy atom. The molecule has 2 aromatic rings. The van der Waals surface area contributed by atoms with Crippen molar-refractivity contribution < 1.29 is 18.4 Å². The summed E-state index contributed by atoms with van der Waals surface area (Å²) in [6.45, 7) is 0. The lowest BCUT2D eigenvalue weighted by Crippen LogP contribution is -2.16. The van der Waals surface area contributed by atoms with Crippen LogP contribution in [0.15, 0.2) is 65.6 Å². The predicted molar refractivity (Wildman–Crippen MR) is 82.7 cm³/mol. The van der Waals surface area contributed by atoms with Gasteiger partial charge in [-0.05, 0) is 29.8 Å². The van der Waals surface area contributed by atoms with E-state index in [2.05, 4.69) is 4.72 Å². The first kappa shape index (κ1) is 15.7. The summed E-state index contributed by atoms with van der Waals surface area (Å²) in [4.78, 5) is 11.1. The fourth-order valence-corrected chi connectivity index (χ4v) is 3.04. The molecule has 1 amide bonds. The Morgan fingerprint density at radius 3 is 2.32 bits per heavy atom. The third-order valence-electron chi connectivity index (χ3n) is 2.76. The molecule has 0 spiro atoms. The Kier molecular flexibility index (Phi) is 4.92. The molecule has 0 radical (unpaired) electrons. The molecule has 0 bridgehead atoms. The van der Waals surface area contributed by atoms with Gasteiger partial charge in [-0.2, -0.15) is 0 Å². The SMILES string of the molecule is O=C(/C=C/c1ccccc1S(=O)(=O)Nc1ccccc1)NO. The van der Waals surface area contributed by atoms with Gasteiger partial charge in [-0.15, -0.1) is 0 Å². The van der Waals surface area contributed by atoms with Crippen LogP contribution in [0.4, 0.5) is 5.69 Å². The second kappa shape index (κ2) is 6.88. The number of amides is 1. The van der Waals surface area contributed by atoms with Crippen LogP contribution in [0.2, 0.25) is 0 Å². The fraction of sp³-hybridized carbons (Fsp3) is 0. The number of anilines is 1. The second-order valence-electron chi connectivity index (χ2n) is 4.32. The van der Waals surface area contributed by atoms with Crippen molar-refractivity contribution in [1.29, 1.82) is 0 Å².